The first kappa shape index (κ1) is 14.9. The van der Waals surface area contributed by atoms with Crippen molar-refractivity contribution in [1.82, 2.24) is 24.8 Å². The molecular formula is C12H21N5O3. The van der Waals surface area contributed by atoms with Crippen molar-refractivity contribution in [3.63, 3.8) is 0 Å². The normalized spacial score (nSPS) is 23.6. The summed E-state index contributed by atoms with van der Waals surface area (Å²) in [7, 11) is 4.03. The molecule has 0 saturated carbocycles. The van der Waals surface area contributed by atoms with Gasteiger partial charge in [-0.3, -0.25) is 9.58 Å². The summed E-state index contributed by atoms with van der Waals surface area (Å²) in [5.74, 6) is -1.07. The van der Waals surface area contributed by atoms with E-state index in [1.54, 1.807) is 0 Å². The molecule has 1 aliphatic rings. The Bertz CT molecular complexity index is 462. The SMILES string of the molecule is CN(C)CC1CC(O)CN1CCn1cc(C(=O)O)nn1. The first-order valence-corrected chi connectivity index (χ1v) is 6.66. The van der Waals surface area contributed by atoms with Crippen LogP contribution in [-0.2, 0) is 6.54 Å². The van der Waals surface area contributed by atoms with Gasteiger partial charge in [-0.15, -0.1) is 5.10 Å². The Kier molecular flexibility index (Phi) is 4.69. The van der Waals surface area contributed by atoms with Gasteiger partial charge < -0.3 is 15.1 Å². The number of hydrogen-bond acceptors (Lipinski definition) is 6. The van der Waals surface area contributed by atoms with E-state index in [4.69, 9.17) is 5.11 Å². The molecule has 0 aromatic carbocycles. The standard InChI is InChI=1S/C12H21N5O3/c1-15(2)6-9-5-10(18)7-16(9)3-4-17-8-11(12(19)20)13-14-17/h8-10,18H,3-7H2,1-2H3,(H,19,20). The van der Waals surface area contributed by atoms with Gasteiger partial charge in [0.15, 0.2) is 5.69 Å². The molecule has 2 rings (SSSR count). The lowest BCUT2D eigenvalue weighted by Gasteiger charge is -2.26. The van der Waals surface area contributed by atoms with Gasteiger partial charge in [0.05, 0.1) is 18.8 Å². The third-order valence-corrected chi connectivity index (χ3v) is 3.46. The Labute approximate surface area is 117 Å². The Hall–Kier alpha value is -1.51. The van der Waals surface area contributed by atoms with Gasteiger partial charge >= 0.3 is 5.97 Å². The number of hydrogen-bond donors (Lipinski definition) is 2. The van der Waals surface area contributed by atoms with E-state index in [0.717, 1.165) is 19.5 Å². The highest BCUT2D eigenvalue weighted by Crippen LogP contribution is 2.18. The molecule has 2 N–H and O–H groups in total. The van der Waals surface area contributed by atoms with Crippen LogP contribution < -0.4 is 0 Å². The van der Waals surface area contributed by atoms with Gasteiger partial charge in [-0.25, -0.2) is 4.79 Å². The maximum Gasteiger partial charge on any atom is 0.358 e. The first-order valence-electron chi connectivity index (χ1n) is 6.66. The Morgan fingerprint density at radius 2 is 2.25 bits per heavy atom. The molecule has 1 aliphatic heterocycles. The summed E-state index contributed by atoms with van der Waals surface area (Å²) in [5.41, 5.74) is -0.0451. The highest BCUT2D eigenvalue weighted by atomic mass is 16.4. The van der Waals surface area contributed by atoms with Crippen LogP contribution in [0.2, 0.25) is 0 Å². The van der Waals surface area contributed by atoms with Crippen LogP contribution >= 0.6 is 0 Å². The molecule has 0 aliphatic carbocycles. The summed E-state index contributed by atoms with van der Waals surface area (Å²) < 4.78 is 1.53. The number of carboxylic acids is 1. The molecule has 8 nitrogen and oxygen atoms in total. The van der Waals surface area contributed by atoms with Crippen LogP contribution in [0.15, 0.2) is 6.20 Å². The summed E-state index contributed by atoms with van der Waals surface area (Å²) in [6.45, 7) is 2.84. The molecule has 0 amide bonds. The third kappa shape index (κ3) is 3.75. The van der Waals surface area contributed by atoms with Crippen LogP contribution in [-0.4, -0.2) is 86.9 Å². The smallest absolute Gasteiger partial charge is 0.358 e. The summed E-state index contributed by atoms with van der Waals surface area (Å²) >= 11 is 0. The lowest BCUT2D eigenvalue weighted by molar-refractivity contribution is 0.0690. The number of aromatic nitrogens is 3. The van der Waals surface area contributed by atoms with Crippen molar-refractivity contribution in [2.45, 2.75) is 25.1 Å². The van der Waals surface area contributed by atoms with E-state index >= 15 is 0 Å². The van der Waals surface area contributed by atoms with Gasteiger partial charge in [0, 0.05) is 25.7 Å². The van der Waals surface area contributed by atoms with E-state index in [0.29, 0.717) is 19.1 Å². The maximum atomic E-state index is 10.7. The zero-order valence-corrected chi connectivity index (χ0v) is 11.8. The summed E-state index contributed by atoms with van der Waals surface area (Å²) in [4.78, 5) is 15.0. The number of aliphatic hydroxyl groups excluding tert-OH is 1. The number of carbonyl (C=O) groups is 1. The van der Waals surface area contributed by atoms with Gasteiger partial charge in [0.2, 0.25) is 0 Å². The molecule has 8 heteroatoms. The van der Waals surface area contributed by atoms with Crippen LogP contribution in [0.4, 0.5) is 0 Å². The first-order chi connectivity index (χ1) is 9.45. The molecule has 2 unspecified atom stereocenters. The monoisotopic (exact) mass is 283 g/mol. The third-order valence-electron chi connectivity index (χ3n) is 3.46. The molecule has 2 atom stereocenters. The number of likely N-dealkylation sites (tertiary alicyclic amines) is 1. The molecule has 0 bridgehead atoms. The van der Waals surface area contributed by atoms with E-state index in [-0.39, 0.29) is 11.8 Å². The average molecular weight is 283 g/mol. The molecule has 1 fully saturated rings. The largest absolute Gasteiger partial charge is 0.476 e. The highest BCUT2D eigenvalue weighted by Gasteiger charge is 2.30. The minimum absolute atomic E-state index is 0.0451. The van der Waals surface area contributed by atoms with Crippen molar-refractivity contribution < 1.29 is 15.0 Å². The lowest BCUT2D eigenvalue weighted by Crippen LogP contribution is -2.39. The van der Waals surface area contributed by atoms with Crippen molar-refractivity contribution >= 4 is 5.97 Å². The van der Waals surface area contributed by atoms with E-state index < -0.39 is 5.97 Å². The molecular weight excluding hydrogens is 262 g/mol. The fourth-order valence-corrected chi connectivity index (χ4v) is 2.58. The number of carboxylic acid groups (broad SMARTS) is 1. The second-order valence-electron chi connectivity index (χ2n) is 5.47. The van der Waals surface area contributed by atoms with Gasteiger partial charge in [0.25, 0.3) is 0 Å². The fraction of sp³-hybridized carbons (Fsp3) is 0.750. The molecule has 2 heterocycles. The quantitative estimate of drug-likeness (QED) is 0.689. The zero-order valence-electron chi connectivity index (χ0n) is 11.8. The molecule has 20 heavy (non-hydrogen) atoms. The maximum absolute atomic E-state index is 10.7. The van der Waals surface area contributed by atoms with E-state index in [1.165, 1.54) is 10.9 Å². The molecule has 1 aromatic heterocycles. The number of likely N-dealkylation sites (N-methyl/N-ethyl adjacent to an activating group) is 1. The van der Waals surface area contributed by atoms with E-state index in [9.17, 15) is 9.90 Å². The van der Waals surface area contributed by atoms with Crippen molar-refractivity contribution in [1.29, 1.82) is 0 Å². The second kappa shape index (κ2) is 6.29. The molecule has 1 aromatic rings. The van der Waals surface area contributed by atoms with Crippen LogP contribution in [0.3, 0.4) is 0 Å². The molecule has 112 valence electrons. The lowest BCUT2D eigenvalue weighted by atomic mass is 10.2. The fourth-order valence-electron chi connectivity index (χ4n) is 2.58. The van der Waals surface area contributed by atoms with Crippen LogP contribution in [0.5, 0.6) is 0 Å². The number of aliphatic hydroxyl groups is 1. The van der Waals surface area contributed by atoms with E-state index in [2.05, 4.69) is 20.1 Å². The summed E-state index contributed by atoms with van der Waals surface area (Å²) in [5, 5.41) is 25.9. The van der Waals surface area contributed by atoms with Crippen LogP contribution in [0.1, 0.15) is 16.9 Å². The molecule has 0 spiro atoms. The average Bonchev–Trinajstić information content (AvgIpc) is 2.93. The van der Waals surface area contributed by atoms with Gasteiger partial charge in [-0.05, 0) is 20.5 Å². The topological polar surface area (TPSA) is 94.7 Å². The number of aromatic carboxylic acids is 1. The number of rotatable bonds is 6. The Morgan fingerprint density at radius 3 is 2.85 bits per heavy atom. The predicted octanol–water partition coefficient (Wildman–Crippen LogP) is -1.03. The van der Waals surface area contributed by atoms with Crippen LogP contribution in [0, 0.1) is 0 Å². The van der Waals surface area contributed by atoms with Crippen molar-refractivity contribution in [2.75, 3.05) is 33.7 Å². The predicted molar refractivity (Wildman–Crippen MR) is 71.5 cm³/mol. The molecule has 1 saturated heterocycles. The van der Waals surface area contributed by atoms with Crippen LogP contribution in [0.25, 0.3) is 0 Å². The summed E-state index contributed by atoms with van der Waals surface area (Å²) in [6, 6.07) is 0.322. The highest BCUT2D eigenvalue weighted by molar-refractivity contribution is 5.84. The zero-order chi connectivity index (χ0) is 14.7. The van der Waals surface area contributed by atoms with Crippen molar-refractivity contribution in [2.24, 2.45) is 0 Å². The number of nitrogens with zero attached hydrogens (tertiary/aromatic N) is 5. The van der Waals surface area contributed by atoms with Gasteiger partial charge in [-0.2, -0.15) is 0 Å². The van der Waals surface area contributed by atoms with Gasteiger partial charge in [-0.1, -0.05) is 5.21 Å². The Balaban J connectivity index is 1.89. The van der Waals surface area contributed by atoms with Crippen molar-refractivity contribution in [3.05, 3.63) is 11.9 Å². The Morgan fingerprint density at radius 1 is 1.50 bits per heavy atom. The molecule has 0 radical (unpaired) electrons. The minimum atomic E-state index is -1.07. The minimum Gasteiger partial charge on any atom is -0.476 e. The van der Waals surface area contributed by atoms with Gasteiger partial charge in [0.1, 0.15) is 0 Å². The summed E-state index contributed by atoms with van der Waals surface area (Å²) in [6.07, 6.45) is 1.91. The van der Waals surface area contributed by atoms with Crippen molar-refractivity contribution in [3.8, 4) is 0 Å². The van der Waals surface area contributed by atoms with E-state index in [1.807, 2.05) is 14.1 Å². The number of β-amino-alcohol motifs (C(OH)–C–C–N with tert-alkyl or cyclic N) is 1. The second-order valence-corrected chi connectivity index (χ2v) is 5.47.